The van der Waals surface area contributed by atoms with Gasteiger partial charge >= 0.3 is 0 Å². The number of hydrogen-bond acceptors (Lipinski definition) is 5. The van der Waals surface area contributed by atoms with Crippen LogP contribution >= 0.6 is 27.7 Å². The summed E-state index contributed by atoms with van der Waals surface area (Å²) in [6.07, 6.45) is 5.70. The van der Waals surface area contributed by atoms with E-state index in [1.54, 1.807) is 17.0 Å². The summed E-state index contributed by atoms with van der Waals surface area (Å²) in [5.41, 5.74) is 0. The number of imide groups is 1. The summed E-state index contributed by atoms with van der Waals surface area (Å²) in [5, 5.41) is -0.417. The number of likely N-dealkylation sites (tertiary alicyclic amines) is 1. The van der Waals surface area contributed by atoms with Gasteiger partial charge in [-0.05, 0) is 52.7 Å². The van der Waals surface area contributed by atoms with E-state index in [0.717, 1.165) is 42.3 Å². The Kier molecular flexibility index (Phi) is 5.45. The Labute approximate surface area is 152 Å². The minimum atomic E-state index is -0.444. The molecule has 0 saturated carbocycles. The average Bonchev–Trinajstić information content (AvgIpc) is 2.94. The summed E-state index contributed by atoms with van der Waals surface area (Å²) in [6, 6.07) is 3.40. The molecule has 3 amide bonds. The highest BCUT2D eigenvalue weighted by Crippen LogP contribution is 2.32. The van der Waals surface area contributed by atoms with Crippen molar-refractivity contribution in [2.45, 2.75) is 25.7 Å². The third-order valence-electron chi connectivity index (χ3n) is 3.99. The van der Waals surface area contributed by atoms with E-state index in [4.69, 9.17) is 4.42 Å². The standard InChI is InChI=1S/C16H17BrN2O4S/c17-13-6-5-11(23-13)9-12-15(21)19(16(22)24-12)10-14(20)18-7-3-1-2-4-8-18/h5-6,9H,1-4,7-8,10H2. The zero-order chi connectivity index (χ0) is 17.1. The van der Waals surface area contributed by atoms with Crippen LogP contribution in [0.5, 0.6) is 0 Å². The van der Waals surface area contributed by atoms with Crippen LogP contribution in [-0.2, 0) is 9.59 Å². The van der Waals surface area contributed by atoms with Crippen LogP contribution in [-0.4, -0.2) is 46.5 Å². The second-order valence-corrected chi connectivity index (χ2v) is 7.48. The summed E-state index contributed by atoms with van der Waals surface area (Å²) in [5.74, 6) is -0.131. The Morgan fingerprint density at radius 1 is 1.21 bits per heavy atom. The largest absolute Gasteiger partial charge is 0.450 e. The molecule has 24 heavy (non-hydrogen) atoms. The molecule has 3 rings (SSSR count). The maximum Gasteiger partial charge on any atom is 0.294 e. The van der Waals surface area contributed by atoms with Gasteiger partial charge in [-0.25, -0.2) is 0 Å². The van der Waals surface area contributed by atoms with Gasteiger partial charge in [0.25, 0.3) is 11.1 Å². The Morgan fingerprint density at radius 3 is 2.54 bits per heavy atom. The zero-order valence-corrected chi connectivity index (χ0v) is 15.4. The Balaban J connectivity index is 1.67. The highest BCUT2D eigenvalue weighted by Gasteiger charge is 2.37. The first-order chi connectivity index (χ1) is 11.5. The number of carbonyl (C=O) groups excluding carboxylic acids is 3. The zero-order valence-electron chi connectivity index (χ0n) is 13.0. The fourth-order valence-corrected chi connectivity index (χ4v) is 3.86. The molecule has 8 heteroatoms. The number of carbonyl (C=O) groups is 3. The molecule has 0 bridgehead atoms. The van der Waals surface area contributed by atoms with Crippen molar-refractivity contribution in [3.63, 3.8) is 0 Å². The van der Waals surface area contributed by atoms with Gasteiger partial charge in [0.15, 0.2) is 4.67 Å². The average molecular weight is 413 g/mol. The molecule has 0 spiro atoms. The van der Waals surface area contributed by atoms with Crippen molar-refractivity contribution in [3.8, 4) is 0 Å². The molecule has 1 aromatic heterocycles. The molecule has 0 radical (unpaired) electrons. The highest BCUT2D eigenvalue weighted by molar-refractivity contribution is 9.10. The lowest BCUT2D eigenvalue weighted by molar-refractivity contribution is -0.135. The van der Waals surface area contributed by atoms with Gasteiger partial charge in [0.1, 0.15) is 12.3 Å². The molecule has 2 aliphatic rings. The molecule has 2 fully saturated rings. The number of amides is 3. The van der Waals surface area contributed by atoms with Crippen LogP contribution in [0.25, 0.3) is 6.08 Å². The third kappa shape index (κ3) is 3.92. The fraction of sp³-hybridized carbons (Fsp3) is 0.438. The first-order valence-corrected chi connectivity index (χ1v) is 9.44. The summed E-state index contributed by atoms with van der Waals surface area (Å²) >= 11 is 4.02. The topological polar surface area (TPSA) is 70.8 Å². The summed E-state index contributed by atoms with van der Waals surface area (Å²) in [7, 11) is 0. The van der Waals surface area contributed by atoms with Crippen molar-refractivity contribution >= 4 is 50.8 Å². The van der Waals surface area contributed by atoms with Gasteiger partial charge in [0.2, 0.25) is 5.91 Å². The van der Waals surface area contributed by atoms with Crippen molar-refractivity contribution in [2.24, 2.45) is 0 Å². The number of halogens is 1. The van der Waals surface area contributed by atoms with Gasteiger partial charge in [0.05, 0.1) is 4.91 Å². The van der Waals surface area contributed by atoms with Gasteiger partial charge in [0, 0.05) is 19.2 Å². The lowest BCUT2D eigenvalue weighted by Crippen LogP contribution is -2.42. The van der Waals surface area contributed by atoms with Gasteiger partial charge in [-0.3, -0.25) is 19.3 Å². The van der Waals surface area contributed by atoms with Crippen molar-refractivity contribution in [2.75, 3.05) is 19.6 Å². The molecular formula is C16H17BrN2O4S. The van der Waals surface area contributed by atoms with E-state index in [2.05, 4.69) is 15.9 Å². The molecule has 2 aliphatic heterocycles. The first kappa shape index (κ1) is 17.3. The van der Waals surface area contributed by atoms with Gasteiger partial charge in [-0.15, -0.1) is 0 Å². The number of furan rings is 1. The van der Waals surface area contributed by atoms with E-state index >= 15 is 0 Å². The van der Waals surface area contributed by atoms with Crippen molar-refractivity contribution < 1.29 is 18.8 Å². The predicted octanol–water partition coefficient (Wildman–Crippen LogP) is 3.48. The minimum absolute atomic E-state index is 0.166. The molecule has 2 saturated heterocycles. The predicted molar refractivity (Wildman–Crippen MR) is 94.1 cm³/mol. The summed E-state index contributed by atoms with van der Waals surface area (Å²) in [6.45, 7) is 1.21. The lowest BCUT2D eigenvalue weighted by atomic mass is 10.2. The molecule has 0 aliphatic carbocycles. The third-order valence-corrected chi connectivity index (χ3v) is 5.33. The maximum atomic E-state index is 12.4. The van der Waals surface area contributed by atoms with Crippen molar-refractivity contribution in [3.05, 3.63) is 27.5 Å². The van der Waals surface area contributed by atoms with Gasteiger partial charge in [-0.2, -0.15) is 0 Å². The Bertz CT molecular complexity index is 692. The normalized spacial score (nSPS) is 20.8. The van der Waals surface area contributed by atoms with E-state index in [0.29, 0.717) is 23.5 Å². The summed E-state index contributed by atoms with van der Waals surface area (Å²) < 4.78 is 5.87. The van der Waals surface area contributed by atoms with Crippen LogP contribution in [0.3, 0.4) is 0 Å². The Hall–Kier alpha value is -1.54. The van der Waals surface area contributed by atoms with E-state index in [9.17, 15) is 14.4 Å². The van der Waals surface area contributed by atoms with E-state index in [1.165, 1.54) is 6.08 Å². The van der Waals surface area contributed by atoms with E-state index in [1.807, 2.05) is 0 Å². The van der Waals surface area contributed by atoms with Crippen LogP contribution in [0, 0.1) is 0 Å². The second-order valence-electron chi connectivity index (χ2n) is 5.70. The van der Waals surface area contributed by atoms with Crippen LogP contribution in [0.15, 0.2) is 26.1 Å². The van der Waals surface area contributed by atoms with Crippen molar-refractivity contribution in [1.82, 2.24) is 9.80 Å². The number of nitrogens with zero attached hydrogens (tertiary/aromatic N) is 2. The van der Waals surface area contributed by atoms with Gasteiger partial charge in [-0.1, -0.05) is 12.8 Å². The number of hydrogen-bond donors (Lipinski definition) is 0. The molecule has 0 atom stereocenters. The maximum absolute atomic E-state index is 12.4. The van der Waals surface area contributed by atoms with Crippen LogP contribution in [0.1, 0.15) is 31.4 Å². The summed E-state index contributed by atoms with van der Waals surface area (Å²) in [4.78, 5) is 39.9. The van der Waals surface area contributed by atoms with Gasteiger partial charge < -0.3 is 9.32 Å². The van der Waals surface area contributed by atoms with Crippen LogP contribution in [0.4, 0.5) is 4.79 Å². The van der Waals surface area contributed by atoms with Crippen LogP contribution < -0.4 is 0 Å². The first-order valence-electron chi connectivity index (χ1n) is 7.83. The molecular weight excluding hydrogens is 396 g/mol. The fourth-order valence-electron chi connectivity index (χ4n) is 2.73. The molecule has 0 unspecified atom stereocenters. The molecule has 6 nitrogen and oxygen atoms in total. The molecule has 0 N–H and O–H groups in total. The smallest absolute Gasteiger partial charge is 0.294 e. The second kappa shape index (κ2) is 7.57. The minimum Gasteiger partial charge on any atom is -0.450 e. The number of thioether (sulfide) groups is 1. The highest BCUT2D eigenvalue weighted by atomic mass is 79.9. The molecule has 1 aromatic rings. The molecule has 128 valence electrons. The van der Waals surface area contributed by atoms with E-state index < -0.39 is 11.1 Å². The van der Waals surface area contributed by atoms with E-state index in [-0.39, 0.29) is 17.4 Å². The lowest BCUT2D eigenvalue weighted by Gasteiger charge is -2.22. The Morgan fingerprint density at radius 2 is 1.92 bits per heavy atom. The van der Waals surface area contributed by atoms with Crippen LogP contribution in [0.2, 0.25) is 0 Å². The molecule has 3 heterocycles. The monoisotopic (exact) mass is 412 g/mol. The quantitative estimate of drug-likeness (QED) is 0.710. The van der Waals surface area contributed by atoms with Crippen molar-refractivity contribution in [1.29, 1.82) is 0 Å². The SMILES string of the molecule is O=C(CN1C(=O)SC(=Cc2ccc(Br)o2)C1=O)N1CCCCCC1. The number of rotatable bonds is 3. The molecule has 0 aromatic carbocycles.